The molecule has 1 aromatic carbocycles. The molecule has 0 spiro atoms. The Labute approximate surface area is 101 Å². The van der Waals surface area contributed by atoms with Gasteiger partial charge in [-0.25, -0.2) is 0 Å². The maximum Gasteiger partial charge on any atom is 0.163 e. The van der Waals surface area contributed by atoms with Crippen LogP contribution in [0.5, 0.6) is 11.5 Å². The lowest BCUT2D eigenvalue weighted by atomic mass is 10.2. The van der Waals surface area contributed by atoms with Gasteiger partial charge in [-0.3, -0.25) is 0 Å². The molecular formula is C13H18N2O2. The van der Waals surface area contributed by atoms with E-state index >= 15 is 0 Å². The Balaban J connectivity index is 1.51. The molecule has 0 aromatic heterocycles. The SMILES string of the molecule is c1cc2c(cc1NCCNC1CC1)OCCO2. The Morgan fingerprint density at radius 3 is 2.71 bits per heavy atom. The first-order chi connectivity index (χ1) is 8.42. The van der Waals surface area contributed by atoms with Gasteiger partial charge in [0, 0.05) is 30.9 Å². The Kier molecular flexibility index (Phi) is 3.05. The number of hydrogen-bond donors (Lipinski definition) is 2. The van der Waals surface area contributed by atoms with E-state index in [9.17, 15) is 0 Å². The van der Waals surface area contributed by atoms with Crippen molar-refractivity contribution >= 4 is 5.69 Å². The third-order valence-electron chi connectivity index (χ3n) is 3.01. The van der Waals surface area contributed by atoms with Gasteiger partial charge in [0.15, 0.2) is 11.5 Å². The molecule has 1 heterocycles. The number of nitrogens with one attached hydrogen (secondary N) is 2. The molecule has 3 rings (SSSR count). The molecule has 1 fully saturated rings. The van der Waals surface area contributed by atoms with Crippen LogP contribution in [0.25, 0.3) is 0 Å². The van der Waals surface area contributed by atoms with E-state index in [0.717, 1.165) is 36.3 Å². The molecule has 4 heteroatoms. The Hall–Kier alpha value is -1.42. The lowest BCUT2D eigenvalue weighted by Crippen LogP contribution is -2.24. The number of anilines is 1. The van der Waals surface area contributed by atoms with Crippen LogP contribution >= 0.6 is 0 Å². The number of rotatable bonds is 5. The minimum Gasteiger partial charge on any atom is -0.486 e. The summed E-state index contributed by atoms with van der Waals surface area (Å²) in [6.45, 7) is 3.24. The van der Waals surface area contributed by atoms with E-state index in [4.69, 9.17) is 9.47 Å². The van der Waals surface area contributed by atoms with Gasteiger partial charge in [0.1, 0.15) is 13.2 Å². The number of ether oxygens (including phenoxy) is 2. The second kappa shape index (κ2) is 4.84. The summed E-state index contributed by atoms with van der Waals surface area (Å²) in [7, 11) is 0. The predicted octanol–water partition coefficient (Wildman–Crippen LogP) is 1.62. The van der Waals surface area contributed by atoms with Gasteiger partial charge in [0.2, 0.25) is 0 Å². The summed E-state index contributed by atoms with van der Waals surface area (Å²) in [5, 5.41) is 6.85. The molecule has 0 saturated heterocycles. The number of hydrogen-bond acceptors (Lipinski definition) is 4. The topological polar surface area (TPSA) is 42.5 Å². The van der Waals surface area contributed by atoms with E-state index in [-0.39, 0.29) is 0 Å². The molecule has 4 nitrogen and oxygen atoms in total. The molecule has 17 heavy (non-hydrogen) atoms. The summed E-state index contributed by atoms with van der Waals surface area (Å²) in [4.78, 5) is 0. The van der Waals surface area contributed by atoms with Gasteiger partial charge in [-0.05, 0) is 25.0 Å². The highest BCUT2D eigenvalue weighted by Crippen LogP contribution is 2.32. The third kappa shape index (κ3) is 2.82. The smallest absolute Gasteiger partial charge is 0.163 e. The third-order valence-corrected chi connectivity index (χ3v) is 3.01. The van der Waals surface area contributed by atoms with Crippen molar-refractivity contribution in [3.63, 3.8) is 0 Å². The Bertz CT molecular complexity index is 391. The van der Waals surface area contributed by atoms with Crippen LogP contribution in [0.2, 0.25) is 0 Å². The molecule has 1 aliphatic carbocycles. The molecule has 0 radical (unpaired) electrons. The van der Waals surface area contributed by atoms with Crippen molar-refractivity contribution in [1.82, 2.24) is 5.32 Å². The minimum absolute atomic E-state index is 0.639. The quantitative estimate of drug-likeness (QED) is 0.760. The van der Waals surface area contributed by atoms with E-state index in [1.54, 1.807) is 0 Å². The minimum atomic E-state index is 0.639. The first-order valence-corrected chi connectivity index (χ1v) is 6.29. The molecule has 1 saturated carbocycles. The molecule has 0 unspecified atom stereocenters. The first-order valence-electron chi connectivity index (χ1n) is 6.29. The average molecular weight is 234 g/mol. The van der Waals surface area contributed by atoms with Crippen molar-refractivity contribution in [1.29, 1.82) is 0 Å². The standard InChI is InChI=1S/C13H18N2O2/c1-2-10(1)14-5-6-15-11-3-4-12-13(9-11)17-8-7-16-12/h3-4,9-10,14-15H,1-2,5-8H2. The van der Waals surface area contributed by atoms with Crippen molar-refractivity contribution < 1.29 is 9.47 Å². The van der Waals surface area contributed by atoms with Gasteiger partial charge < -0.3 is 20.1 Å². The van der Waals surface area contributed by atoms with Crippen LogP contribution < -0.4 is 20.1 Å². The summed E-state index contributed by atoms with van der Waals surface area (Å²) < 4.78 is 11.0. The van der Waals surface area contributed by atoms with Gasteiger partial charge in [0.05, 0.1) is 0 Å². The maximum atomic E-state index is 5.54. The highest BCUT2D eigenvalue weighted by Gasteiger charge is 2.19. The zero-order valence-corrected chi connectivity index (χ0v) is 9.87. The monoisotopic (exact) mass is 234 g/mol. The van der Waals surface area contributed by atoms with E-state index in [1.807, 2.05) is 18.2 Å². The molecule has 0 atom stereocenters. The van der Waals surface area contributed by atoms with Gasteiger partial charge in [-0.15, -0.1) is 0 Å². The second-order valence-corrected chi connectivity index (χ2v) is 4.51. The van der Waals surface area contributed by atoms with E-state index in [0.29, 0.717) is 13.2 Å². The van der Waals surface area contributed by atoms with E-state index in [1.165, 1.54) is 12.8 Å². The summed E-state index contributed by atoms with van der Waals surface area (Å²) in [5.41, 5.74) is 1.09. The van der Waals surface area contributed by atoms with Crippen LogP contribution in [0.4, 0.5) is 5.69 Å². The normalized spacial score (nSPS) is 17.9. The van der Waals surface area contributed by atoms with E-state index < -0.39 is 0 Å². The fourth-order valence-corrected chi connectivity index (χ4v) is 1.92. The Morgan fingerprint density at radius 2 is 1.88 bits per heavy atom. The van der Waals surface area contributed by atoms with Crippen molar-refractivity contribution in [2.75, 3.05) is 31.6 Å². The van der Waals surface area contributed by atoms with Crippen LogP contribution in [-0.4, -0.2) is 32.3 Å². The van der Waals surface area contributed by atoms with Crippen LogP contribution in [0.3, 0.4) is 0 Å². The van der Waals surface area contributed by atoms with Crippen molar-refractivity contribution in [3.05, 3.63) is 18.2 Å². The summed E-state index contributed by atoms with van der Waals surface area (Å²) in [6.07, 6.45) is 2.67. The molecule has 2 N–H and O–H groups in total. The van der Waals surface area contributed by atoms with Gasteiger partial charge in [-0.2, -0.15) is 0 Å². The number of benzene rings is 1. The molecule has 0 bridgehead atoms. The molecule has 92 valence electrons. The van der Waals surface area contributed by atoms with Crippen LogP contribution in [0.15, 0.2) is 18.2 Å². The lowest BCUT2D eigenvalue weighted by molar-refractivity contribution is 0.171. The molecular weight excluding hydrogens is 216 g/mol. The fourth-order valence-electron chi connectivity index (χ4n) is 1.92. The van der Waals surface area contributed by atoms with E-state index in [2.05, 4.69) is 10.6 Å². The lowest BCUT2D eigenvalue weighted by Gasteiger charge is -2.19. The summed E-state index contributed by atoms with van der Waals surface area (Å²) in [6, 6.07) is 6.78. The second-order valence-electron chi connectivity index (χ2n) is 4.51. The van der Waals surface area contributed by atoms with Crippen LogP contribution in [-0.2, 0) is 0 Å². The van der Waals surface area contributed by atoms with Crippen molar-refractivity contribution in [2.45, 2.75) is 18.9 Å². The fraction of sp³-hybridized carbons (Fsp3) is 0.538. The average Bonchev–Trinajstić information content (AvgIpc) is 3.18. The molecule has 1 aliphatic heterocycles. The molecule has 1 aromatic rings. The van der Waals surface area contributed by atoms with Gasteiger partial charge in [-0.1, -0.05) is 0 Å². The van der Waals surface area contributed by atoms with Crippen molar-refractivity contribution in [3.8, 4) is 11.5 Å². The Morgan fingerprint density at radius 1 is 1.06 bits per heavy atom. The van der Waals surface area contributed by atoms with Gasteiger partial charge >= 0.3 is 0 Å². The number of fused-ring (bicyclic) bond motifs is 1. The maximum absolute atomic E-state index is 5.54. The van der Waals surface area contributed by atoms with Gasteiger partial charge in [0.25, 0.3) is 0 Å². The predicted molar refractivity (Wildman–Crippen MR) is 66.9 cm³/mol. The zero-order valence-electron chi connectivity index (χ0n) is 9.87. The van der Waals surface area contributed by atoms with Crippen LogP contribution in [0, 0.1) is 0 Å². The highest BCUT2D eigenvalue weighted by atomic mass is 16.6. The highest BCUT2D eigenvalue weighted by molar-refractivity contribution is 5.55. The van der Waals surface area contributed by atoms with Crippen molar-refractivity contribution in [2.24, 2.45) is 0 Å². The first kappa shape index (κ1) is 10.7. The van der Waals surface area contributed by atoms with Crippen LogP contribution in [0.1, 0.15) is 12.8 Å². The molecule has 0 amide bonds. The summed E-state index contributed by atoms with van der Waals surface area (Å²) in [5.74, 6) is 1.69. The largest absolute Gasteiger partial charge is 0.486 e. The zero-order chi connectivity index (χ0) is 11.5. The molecule has 2 aliphatic rings. The summed E-state index contributed by atoms with van der Waals surface area (Å²) >= 11 is 0.